The van der Waals surface area contributed by atoms with E-state index in [0.29, 0.717) is 10.6 Å². The lowest BCUT2D eigenvalue weighted by Crippen LogP contribution is -2.07. The van der Waals surface area contributed by atoms with E-state index in [1.165, 1.54) is 46.6 Å². The van der Waals surface area contributed by atoms with Crippen LogP contribution in [-0.2, 0) is 12.8 Å². The highest BCUT2D eigenvalue weighted by atomic mass is 32.1. The van der Waals surface area contributed by atoms with Crippen LogP contribution < -0.4 is 5.73 Å². The number of ketones is 1. The van der Waals surface area contributed by atoms with Crippen molar-refractivity contribution in [3.05, 3.63) is 44.1 Å². The number of fused-ring (bicyclic) bond motifs is 3. The van der Waals surface area contributed by atoms with Crippen molar-refractivity contribution in [2.45, 2.75) is 32.6 Å². The topological polar surface area (TPSA) is 56.0 Å². The van der Waals surface area contributed by atoms with Gasteiger partial charge in [-0.05, 0) is 55.2 Å². The van der Waals surface area contributed by atoms with Crippen LogP contribution in [0.25, 0.3) is 10.2 Å². The second-order valence-corrected chi connectivity index (χ2v) is 7.64. The number of carbonyl (C=O) groups excluding carboxylic acids is 1. The van der Waals surface area contributed by atoms with E-state index < -0.39 is 0 Å². The van der Waals surface area contributed by atoms with E-state index in [1.807, 2.05) is 17.5 Å². The van der Waals surface area contributed by atoms with Gasteiger partial charge in [-0.15, -0.1) is 22.7 Å². The minimum Gasteiger partial charge on any atom is -0.397 e. The Labute approximate surface area is 136 Å². The first-order chi connectivity index (χ1) is 10.7. The predicted molar refractivity (Wildman–Crippen MR) is 93.2 cm³/mol. The van der Waals surface area contributed by atoms with E-state index in [-0.39, 0.29) is 5.78 Å². The number of rotatable bonds is 2. The fourth-order valence-corrected chi connectivity index (χ4v) is 5.15. The number of carbonyl (C=O) groups is 1. The molecular formula is C17H16N2OS2. The maximum Gasteiger partial charge on any atom is 0.215 e. The molecule has 0 saturated carbocycles. The molecule has 0 spiro atoms. The van der Waals surface area contributed by atoms with Gasteiger partial charge in [0.1, 0.15) is 9.71 Å². The van der Waals surface area contributed by atoms with Crippen LogP contribution in [0, 0.1) is 6.92 Å². The Morgan fingerprint density at radius 2 is 2.05 bits per heavy atom. The molecule has 0 unspecified atom stereocenters. The minimum absolute atomic E-state index is 0.0257. The summed E-state index contributed by atoms with van der Waals surface area (Å²) in [6.45, 7) is 2.07. The lowest BCUT2D eigenvalue weighted by atomic mass is 9.89. The first kappa shape index (κ1) is 13.9. The van der Waals surface area contributed by atoms with Gasteiger partial charge in [-0.3, -0.25) is 4.79 Å². The van der Waals surface area contributed by atoms with Gasteiger partial charge in [0, 0.05) is 11.1 Å². The summed E-state index contributed by atoms with van der Waals surface area (Å²) >= 11 is 2.90. The van der Waals surface area contributed by atoms with Gasteiger partial charge >= 0.3 is 0 Å². The van der Waals surface area contributed by atoms with Crippen LogP contribution in [0.5, 0.6) is 0 Å². The molecule has 0 atom stereocenters. The van der Waals surface area contributed by atoms with Gasteiger partial charge in [-0.25, -0.2) is 4.98 Å². The molecule has 112 valence electrons. The van der Waals surface area contributed by atoms with Crippen LogP contribution in [-0.4, -0.2) is 10.8 Å². The Morgan fingerprint density at radius 3 is 2.77 bits per heavy atom. The van der Waals surface area contributed by atoms with E-state index in [1.54, 1.807) is 0 Å². The van der Waals surface area contributed by atoms with Crippen molar-refractivity contribution < 1.29 is 4.79 Å². The maximum absolute atomic E-state index is 12.7. The second kappa shape index (κ2) is 5.18. The van der Waals surface area contributed by atoms with Gasteiger partial charge in [0.25, 0.3) is 0 Å². The molecule has 3 heterocycles. The maximum atomic E-state index is 12.7. The van der Waals surface area contributed by atoms with Crippen LogP contribution in [0.3, 0.4) is 0 Å². The van der Waals surface area contributed by atoms with Crippen LogP contribution >= 0.6 is 22.7 Å². The predicted octanol–water partition coefficient (Wildman–Crippen LogP) is 4.36. The summed E-state index contributed by atoms with van der Waals surface area (Å²) in [5, 5.41) is 2.95. The largest absolute Gasteiger partial charge is 0.397 e. The molecule has 22 heavy (non-hydrogen) atoms. The monoisotopic (exact) mass is 328 g/mol. The van der Waals surface area contributed by atoms with E-state index in [9.17, 15) is 4.79 Å². The Balaban J connectivity index is 1.96. The lowest BCUT2D eigenvalue weighted by molar-refractivity contribution is 0.104. The number of thiophene rings is 2. The van der Waals surface area contributed by atoms with Crippen molar-refractivity contribution in [3.8, 4) is 0 Å². The van der Waals surface area contributed by atoms with Crippen LogP contribution in [0.1, 0.15) is 44.2 Å². The second-order valence-electron chi connectivity index (χ2n) is 5.69. The molecule has 0 saturated heterocycles. The number of nitrogens with zero attached hydrogens (tertiary/aromatic N) is 1. The van der Waals surface area contributed by atoms with Crippen molar-refractivity contribution in [2.24, 2.45) is 0 Å². The first-order valence-electron chi connectivity index (χ1n) is 7.45. The number of aromatic nitrogens is 1. The summed E-state index contributed by atoms with van der Waals surface area (Å²) in [6, 6.07) is 3.75. The summed E-state index contributed by atoms with van der Waals surface area (Å²) in [4.78, 5) is 19.7. The Kier molecular flexibility index (Phi) is 3.27. The van der Waals surface area contributed by atoms with Crippen LogP contribution in [0.15, 0.2) is 17.5 Å². The van der Waals surface area contributed by atoms with E-state index in [2.05, 4.69) is 6.92 Å². The van der Waals surface area contributed by atoms with Gasteiger partial charge in [0.05, 0.1) is 10.6 Å². The summed E-state index contributed by atoms with van der Waals surface area (Å²) in [6.07, 6.45) is 4.53. The standard InChI is InChI=1S/C17H16N2OS2/c1-9-10-5-2-3-6-11(10)13-14(18)16(22-17(13)19-9)15(20)12-7-4-8-21-12/h4,7-8H,2-3,5-6,18H2,1H3. The average Bonchev–Trinajstić information content (AvgIpc) is 3.15. The average molecular weight is 328 g/mol. The van der Waals surface area contributed by atoms with Crippen molar-refractivity contribution >= 4 is 44.4 Å². The van der Waals surface area contributed by atoms with E-state index >= 15 is 0 Å². The molecule has 0 fully saturated rings. The highest BCUT2D eigenvalue weighted by molar-refractivity contribution is 7.22. The summed E-state index contributed by atoms with van der Waals surface area (Å²) in [5.41, 5.74) is 10.8. The highest BCUT2D eigenvalue weighted by Gasteiger charge is 2.24. The molecule has 3 aromatic rings. The molecule has 0 radical (unpaired) electrons. The molecule has 0 aliphatic heterocycles. The smallest absolute Gasteiger partial charge is 0.215 e. The number of pyridine rings is 1. The minimum atomic E-state index is 0.0257. The fraction of sp³-hybridized carbons (Fsp3) is 0.294. The molecule has 0 aromatic carbocycles. The van der Waals surface area contributed by atoms with Crippen molar-refractivity contribution in [1.82, 2.24) is 4.98 Å². The number of hydrogen-bond acceptors (Lipinski definition) is 5. The first-order valence-corrected chi connectivity index (χ1v) is 9.15. The molecule has 0 bridgehead atoms. The number of anilines is 1. The van der Waals surface area contributed by atoms with Gasteiger partial charge in [-0.2, -0.15) is 0 Å². The molecule has 4 rings (SSSR count). The molecule has 2 N–H and O–H groups in total. The Morgan fingerprint density at radius 1 is 1.27 bits per heavy atom. The SMILES string of the molecule is Cc1nc2sc(C(=O)c3cccs3)c(N)c2c2c1CCCC2. The number of nitrogens with two attached hydrogens (primary N) is 1. The molecule has 3 nitrogen and oxygen atoms in total. The van der Waals surface area contributed by atoms with Crippen LogP contribution in [0.4, 0.5) is 5.69 Å². The van der Waals surface area contributed by atoms with E-state index in [0.717, 1.165) is 33.6 Å². The summed E-state index contributed by atoms with van der Waals surface area (Å²) in [7, 11) is 0. The molecule has 1 aliphatic carbocycles. The zero-order valence-corrected chi connectivity index (χ0v) is 13.9. The summed E-state index contributed by atoms with van der Waals surface area (Å²) < 4.78 is 0. The molecule has 0 amide bonds. The molecular weight excluding hydrogens is 312 g/mol. The van der Waals surface area contributed by atoms with Gasteiger partial charge in [-0.1, -0.05) is 6.07 Å². The molecule has 5 heteroatoms. The van der Waals surface area contributed by atoms with Gasteiger partial charge in [0.2, 0.25) is 5.78 Å². The number of hydrogen-bond donors (Lipinski definition) is 1. The molecule has 1 aliphatic rings. The fourth-order valence-electron chi connectivity index (χ4n) is 3.29. The van der Waals surface area contributed by atoms with Gasteiger partial charge in [0.15, 0.2) is 0 Å². The number of nitrogen functional groups attached to an aromatic ring is 1. The zero-order chi connectivity index (χ0) is 15.3. The number of aryl methyl sites for hydroxylation is 2. The van der Waals surface area contributed by atoms with Crippen LogP contribution in [0.2, 0.25) is 0 Å². The van der Waals surface area contributed by atoms with E-state index in [4.69, 9.17) is 10.7 Å². The quantitative estimate of drug-likeness (QED) is 0.711. The summed E-state index contributed by atoms with van der Waals surface area (Å²) in [5.74, 6) is 0.0257. The molecule has 3 aromatic heterocycles. The normalized spacial score (nSPS) is 14.2. The lowest BCUT2D eigenvalue weighted by Gasteiger charge is -2.18. The van der Waals surface area contributed by atoms with Crippen molar-refractivity contribution in [3.63, 3.8) is 0 Å². The Bertz CT molecular complexity index is 878. The third kappa shape index (κ3) is 2.00. The van der Waals surface area contributed by atoms with Gasteiger partial charge < -0.3 is 5.73 Å². The highest BCUT2D eigenvalue weighted by Crippen LogP contribution is 2.40. The third-order valence-electron chi connectivity index (χ3n) is 4.35. The Hall–Kier alpha value is -1.72. The third-order valence-corrected chi connectivity index (χ3v) is 6.32. The van der Waals surface area contributed by atoms with Crippen molar-refractivity contribution in [2.75, 3.05) is 5.73 Å². The van der Waals surface area contributed by atoms with Crippen molar-refractivity contribution in [1.29, 1.82) is 0 Å². The zero-order valence-electron chi connectivity index (χ0n) is 12.3.